The number of thiophene rings is 1. The molecule has 1 aromatic carbocycles. The van der Waals surface area contributed by atoms with E-state index in [1.807, 2.05) is 24.5 Å². The molecule has 0 saturated carbocycles. The number of rotatable bonds is 7. The zero-order valence-corrected chi connectivity index (χ0v) is 23.3. The van der Waals surface area contributed by atoms with Crippen LogP contribution in [0.25, 0.3) is 11.1 Å². The third kappa shape index (κ3) is 5.11. The Labute approximate surface area is 233 Å². The number of amides is 3. The molecular weight excluding hydrogens is 538 g/mol. The van der Waals surface area contributed by atoms with E-state index in [0.717, 1.165) is 64.2 Å². The molecule has 3 aromatic rings. The number of aryl methyl sites for hydroxylation is 2. The summed E-state index contributed by atoms with van der Waals surface area (Å²) in [5.41, 5.74) is 4.12. The first kappa shape index (κ1) is 26.8. The predicted octanol–water partition coefficient (Wildman–Crippen LogP) is 5.42. The van der Waals surface area contributed by atoms with Gasteiger partial charge in [0.15, 0.2) is 0 Å². The molecule has 0 spiro atoms. The van der Waals surface area contributed by atoms with Crippen LogP contribution in [0.5, 0.6) is 5.75 Å². The SMILES string of the molecule is COc1ccc(NC(=O)CN2C(=O)S/C(=C\c3cc(C)n(-c4sc5c(c4C(=O)O)CCCC5)c3C)C2=O)cc1. The Morgan fingerprint density at radius 2 is 1.85 bits per heavy atom. The number of methoxy groups -OCH3 is 1. The van der Waals surface area contributed by atoms with Gasteiger partial charge in [0.2, 0.25) is 5.91 Å². The van der Waals surface area contributed by atoms with E-state index in [1.165, 1.54) is 11.3 Å². The smallest absolute Gasteiger partial charge is 0.339 e. The zero-order chi connectivity index (χ0) is 27.8. The number of fused-ring (bicyclic) bond motifs is 1. The second-order valence-electron chi connectivity index (χ2n) is 9.40. The third-order valence-corrected chi connectivity index (χ3v) is 9.06. The van der Waals surface area contributed by atoms with Gasteiger partial charge in [-0.3, -0.25) is 19.3 Å². The number of carbonyl (C=O) groups excluding carboxylic acids is 3. The molecule has 0 unspecified atom stereocenters. The van der Waals surface area contributed by atoms with Crippen molar-refractivity contribution in [1.29, 1.82) is 0 Å². The Morgan fingerprint density at radius 1 is 1.13 bits per heavy atom. The van der Waals surface area contributed by atoms with Crippen LogP contribution < -0.4 is 10.1 Å². The van der Waals surface area contributed by atoms with E-state index in [0.29, 0.717) is 27.6 Å². The topological polar surface area (TPSA) is 118 Å². The summed E-state index contributed by atoms with van der Waals surface area (Å²) in [6.07, 6.45) is 5.31. The number of imide groups is 1. The lowest BCUT2D eigenvalue weighted by atomic mass is 9.95. The maximum absolute atomic E-state index is 13.1. The highest BCUT2D eigenvalue weighted by Gasteiger charge is 2.37. The van der Waals surface area contributed by atoms with Gasteiger partial charge in [0.25, 0.3) is 11.1 Å². The molecule has 3 amide bonds. The molecular formula is C28H27N3O6S2. The minimum absolute atomic E-state index is 0.210. The lowest BCUT2D eigenvalue weighted by molar-refractivity contribution is -0.127. The normalized spacial score (nSPS) is 16.1. The van der Waals surface area contributed by atoms with Crippen LogP contribution in [0.2, 0.25) is 0 Å². The lowest BCUT2D eigenvalue weighted by Gasteiger charge is -2.12. The van der Waals surface area contributed by atoms with Crippen LogP contribution in [0, 0.1) is 13.8 Å². The van der Waals surface area contributed by atoms with Crippen molar-refractivity contribution in [2.24, 2.45) is 0 Å². The van der Waals surface area contributed by atoms with E-state index in [1.54, 1.807) is 37.5 Å². The van der Waals surface area contributed by atoms with Crippen molar-refractivity contribution in [3.05, 3.63) is 68.2 Å². The Kier molecular flexibility index (Phi) is 7.37. The average Bonchev–Trinajstić information content (AvgIpc) is 3.51. The van der Waals surface area contributed by atoms with Gasteiger partial charge in [-0.25, -0.2) is 4.79 Å². The highest BCUT2D eigenvalue weighted by Crippen LogP contribution is 2.40. The molecule has 5 rings (SSSR count). The average molecular weight is 566 g/mol. The molecule has 1 saturated heterocycles. The van der Waals surface area contributed by atoms with Crippen LogP contribution in [0.1, 0.15) is 50.6 Å². The van der Waals surface area contributed by atoms with Crippen molar-refractivity contribution in [2.75, 3.05) is 19.0 Å². The van der Waals surface area contributed by atoms with Crippen molar-refractivity contribution >= 4 is 57.9 Å². The highest BCUT2D eigenvalue weighted by molar-refractivity contribution is 8.18. The number of carboxylic acid groups (broad SMARTS) is 1. The Hall–Kier alpha value is -3.83. The molecule has 1 aliphatic heterocycles. The number of nitrogens with one attached hydrogen (secondary N) is 1. The van der Waals surface area contributed by atoms with Crippen LogP contribution in [0.15, 0.2) is 35.2 Å². The first-order valence-corrected chi connectivity index (χ1v) is 14.1. The van der Waals surface area contributed by atoms with Gasteiger partial charge in [-0.2, -0.15) is 0 Å². The predicted molar refractivity (Wildman–Crippen MR) is 151 cm³/mol. The quantitative estimate of drug-likeness (QED) is 0.368. The Bertz CT molecular complexity index is 1530. The van der Waals surface area contributed by atoms with E-state index < -0.39 is 29.6 Å². The molecule has 0 atom stereocenters. The van der Waals surface area contributed by atoms with Crippen molar-refractivity contribution in [3.8, 4) is 10.8 Å². The first-order chi connectivity index (χ1) is 18.7. The van der Waals surface area contributed by atoms with Crippen LogP contribution >= 0.6 is 23.1 Å². The second kappa shape index (κ2) is 10.7. The number of benzene rings is 1. The zero-order valence-electron chi connectivity index (χ0n) is 21.7. The molecule has 2 aliphatic rings. The van der Waals surface area contributed by atoms with E-state index in [-0.39, 0.29) is 4.91 Å². The van der Waals surface area contributed by atoms with Gasteiger partial charge in [-0.1, -0.05) is 0 Å². The summed E-state index contributed by atoms with van der Waals surface area (Å²) in [6.45, 7) is 3.36. The minimum atomic E-state index is -0.938. The maximum Gasteiger partial charge on any atom is 0.339 e. The summed E-state index contributed by atoms with van der Waals surface area (Å²) >= 11 is 2.29. The highest BCUT2D eigenvalue weighted by atomic mass is 32.2. The van der Waals surface area contributed by atoms with Gasteiger partial charge in [-0.15, -0.1) is 11.3 Å². The number of hydrogen-bond acceptors (Lipinski definition) is 7. The summed E-state index contributed by atoms with van der Waals surface area (Å²) < 4.78 is 7.02. The number of anilines is 1. The first-order valence-electron chi connectivity index (χ1n) is 12.4. The maximum atomic E-state index is 13.1. The molecule has 11 heteroatoms. The molecule has 1 aliphatic carbocycles. The fraction of sp³-hybridized carbons (Fsp3) is 0.286. The fourth-order valence-corrected chi connectivity index (χ4v) is 7.29. The number of carboxylic acids is 1. The van der Waals surface area contributed by atoms with Crippen LogP contribution in [0.4, 0.5) is 10.5 Å². The molecule has 202 valence electrons. The van der Waals surface area contributed by atoms with Gasteiger partial charge in [0.05, 0.1) is 17.6 Å². The number of aromatic carboxylic acids is 1. The second-order valence-corrected chi connectivity index (χ2v) is 11.5. The molecule has 2 N–H and O–H groups in total. The number of thioether (sulfide) groups is 1. The number of ether oxygens (including phenoxy) is 1. The number of nitrogens with zero attached hydrogens (tertiary/aromatic N) is 2. The minimum Gasteiger partial charge on any atom is -0.497 e. The van der Waals surface area contributed by atoms with Crippen molar-refractivity contribution < 1.29 is 29.0 Å². The fourth-order valence-electron chi connectivity index (χ4n) is 4.97. The summed E-state index contributed by atoms with van der Waals surface area (Å²) in [4.78, 5) is 52.7. The Balaban J connectivity index is 1.38. The summed E-state index contributed by atoms with van der Waals surface area (Å²) in [6, 6.07) is 8.60. The van der Waals surface area contributed by atoms with Gasteiger partial charge in [0.1, 0.15) is 17.3 Å². The molecule has 9 nitrogen and oxygen atoms in total. The van der Waals surface area contributed by atoms with E-state index in [2.05, 4.69) is 5.32 Å². The van der Waals surface area contributed by atoms with E-state index in [9.17, 15) is 24.3 Å². The summed E-state index contributed by atoms with van der Waals surface area (Å²) in [5.74, 6) is -1.34. The molecule has 3 heterocycles. The van der Waals surface area contributed by atoms with Crippen LogP contribution in [-0.2, 0) is 22.4 Å². The van der Waals surface area contributed by atoms with Gasteiger partial charge in [0, 0.05) is 22.0 Å². The van der Waals surface area contributed by atoms with Gasteiger partial charge >= 0.3 is 5.97 Å². The lowest BCUT2D eigenvalue weighted by Crippen LogP contribution is -2.36. The van der Waals surface area contributed by atoms with E-state index >= 15 is 0 Å². The van der Waals surface area contributed by atoms with Crippen LogP contribution in [0.3, 0.4) is 0 Å². The van der Waals surface area contributed by atoms with Gasteiger partial charge < -0.3 is 19.7 Å². The van der Waals surface area contributed by atoms with E-state index in [4.69, 9.17) is 4.74 Å². The van der Waals surface area contributed by atoms with Crippen molar-refractivity contribution in [2.45, 2.75) is 39.5 Å². The molecule has 1 fully saturated rings. The molecule has 0 bridgehead atoms. The van der Waals surface area contributed by atoms with Crippen molar-refractivity contribution in [1.82, 2.24) is 9.47 Å². The number of hydrogen-bond donors (Lipinski definition) is 2. The summed E-state index contributed by atoms with van der Waals surface area (Å²) in [7, 11) is 1.54. The Morgan fingerprint density at radius 3 is 2.54 bits per heavy atom. The monoisotopic (exact) mass is 565 g/mol. The third-order valence-electron chi connectivity index (χ3n) is 6.88. The molecule has 0 radical (unpaired) electrons. The van der Waals surface area contributed by atoms with Crippen molar-refractivity contribution in [3.63, 3.8) is 0 Å². The molecule has 2 aromatic heterocycles. The van der Waals surface area contributed by atoms with Gasteiger partial charge in [-0.05, 0) is 98.8 Å². The summed E-state index contributed by atoms with van der Waals surface area (Å²) in [5, 5.41) is 12.9. The standard InChI is InChI=1S/C28H27N3O6S2/c1-15-12-17(16(2)31(15)26-24(27(34)35)20-6-4-5-7-21(20)38-26)13-22-25(33)30(28(36)39-22)14-23(32)29-18-8-10-19(37-3)11-9-18/h8-13H,4-7,14H2,1-3H3,(H,29,32)(H,34,35)/b22-13-. The van der Waals surface area contributed by atoms with Crippen LogP contribution in [-0.4, -0.2) is 51.3 Å². The largest absolute Gasteiger partial charge is 0.497 e. The number of carbonyl (C=O) groups is 4. The number of aromatic nitrogens is 1. The molecule has 39 heavy (non-hydrogen) atoms.